The fourth-order valence-corrected chi connectivity index (χ4v) is 9.17. The standard InChI is InChI=1S/C29H35NO5/c1-30-12-11-27-24-19-9-10-21(32-2)25(24)35-26(27)29(33-3)15-23(34-17-18-7-5-4-6-8-18)28(27,22(30)13-19)14-20(29)16-31/h4-10,20,22-23,26,31H,11-17H2,1-3H3/t20-,22-,23+,26+,27+,28-,29-/m1/s1. The van der Waals surface area contributed by atoms with E-state index in [-0.39, 0.29) is 35.6 Å². The Kier molecular flexibility index (Phi) is 4.71. The highest BCUT2D eigenvalue weighted by atomic mass is 16.6. The molecule has 2 aliphatic heterocycles. The summed E-state index contributed by atoms with van der Waals surface area (Å²) in [6, 6.07) is 15.1. The van der Waals surface area contributed by atoms with E-state index in [4.69, 9.17) is 18.9 Å². The van der Waals surface area contributed by atoms with E-state index in [0.29, 0.717) is 12.6 Å². The molecule has 2 aromatic carbocycles. The van der Waals surface area contributed by atoms with Crippen LogP contribution in [0.2, 0.25) is 0 Å². The smallest absolute Gasteiger partial charge is 0.165 e. The number of likely N-dealkylation sites (N-methyl/N-ethyl adjacent to an activating group) is 1. The lowest BCUT2D eigenvalue weighted by molar-refractivity contribution is -0.322. The van der Waals surface area contributed by atoms with Gasteiger partial charge in [0.15, 0.2) is 11.5 Å². The number of rotatable bonds is 6. The Balaban J connectivity index is 1.46. The second-order valence-electron chi connectivity index (χ2n) is 11.3. The van der Waals surface area contributed by atoms with E-state index in [2.05, 4.69) is 48.3 Å². The summed E-state index contributed by atoms with van der Waals surface area (Å²) in [5, 5.41) is 10.7. The van der Waals surface area contributed by atoms with E-state index in [1.165, 1.54) is 16.7 Å². The van der Waals surface area contributed by atoms with E-state index in [1.807, 2.05) is 6.07 Å². The number of likely N-dealkylation sites (tertiary alicyclic amines) is 1. The largest absolute Gasteiger partial charge is 0.493 e. The van der Waals surface area contributed by atoms with Gasteiger partial charge in [-0.25, -0.2) is 0 Å². The van der Waals surface area contributed by atoms with Gasteiger partial charge in [0.25, 0.3) is 0 Å². The zero-order valence-electron chi connectivity index (χ0n) is 20.8. The number of benzene rings is 2. The molecule has 0 amide bonds. The Morgan fingerprint density at radius 2 is 1.94 bits per heavy atom. The first-order valence-corrected chi connectivity index (χ1v) is 12.9. The van der Waals surface area contributed by atoms with Gasteiger partial charge >= 0.3 is 0 Å². The van der Waals surface area contributed by atoms with Gasteiger partial charge in [-0.3, -0.25) is 0 Å². The quantitative estimate of drug-likeness (QED) is 0.689. The van der Waals surface area contributed by atoms with Gasteiger partial charge in [0, 0.05) is 43.1 Å². The first-order chi connectivity index (χ1) is 17.1. The summed E-state index contributed by atoms with van der Waals surface area (Å²) < 4.78 is 26.2. The molecule has 2 heterocycles. The number of piperidine rings is 1. The highest BCUT2D eigenvalue weighted by Gasteiger charge is 2.83. The van der Waals surface area contributed by atoms with E-state index in [9.17, 15) is 5.11 Å². The SMILES string of the molecule is COc1ccc2c3c1O[C@@H]1[C@@]4(OC)C[C@H](OCc5ccccc5)[C@@]5(C[C@@H]4CO)[C@@H](C2)N(C)CC[C@]315. The number of fused-ring (bicyclic) bond motifs is 2. The molecule has 186 valence electrons. The van der Waals surface area contributed by atoms with Gasteiger partial charge in [0.1, 0.15) is 11.7 Å². The van der Waals surface area contributed by atoms with Crippen molar-refractivity contribution >= 4 is 0 Å². The number of nitrogens with zero attached hydrogens (tertiary/aromatic N) is 1. The number of aliphatic hydroxyl groups is 1. The molecule has 2 spiro atoms. The van der Waals surface area contributed by atoms with Crippen molar-refractivity contribution in [3.05, 3.63) is 59.2 Å². The fourth-order valence-electron chi connectivity index (χ4n) is 9.17. The second kappa shape index (κ2) is 7.45. The van der Waals surface area contributed by atoms with Crippen molar-refractivity contribution in [2.45, 2.75) is 61.6 Å². The molecule has 3 saturated carbocycles. The maximum Gasteiger partial charge on any atom is 0.165 e. The predicted octanol–water partition coefficient (Wildman–Crippen LogP) is 3.33. The van der Waals surface area contributed by atoms with Crippen LogP contribution in [0.3, 0.4) is 0 Å². The molecular formula is C29H35NO5. The van der Waals surface area contributed by atoms with Gasteiger partial charge in [-0.05, 0) is 50.0 Å². The van der Waals surface area contributed by atoms with Crippen LogP contribution < -0.4 is 9.47 Å². The minimum absolute atomic E-state index is 0.00180. The van der Waals surface area contributed by atoms with E-state index < -0.39 is 5.60 Å². The van der Waals surface area contributed by atoms with E-state index in [0.717, 1.165) is 43.7 Å². The molecule has 4 bridgehead atoms. The first-order valence-electron chi connectivity index (χ1n) is 12.9. The number of hydrogen-bond donors (Lipinski definition) is 1. The summed E-state index contributed by atoms with van der Waals surface area (Å²) in [6.45, 7) is 1.68. The number of aliphatic hydroxyl groups excluding tert-OH is 1. The summed E-state index contributed by atoms with van der Waals surface area (Å²) in [5.74, 6) is 1.69. The summed E-state index contributed by atoms with van der Waals surface area (Å²) in [7, 11) is 5.79. The summed E-state index contributed by atoms with van der Waals surface area (Å²) in [4.78, 5) is 2.55. The van der Waals surface area contributed by atoms with Crippen LogP contribution in [-0.2, 0) is 27.9 Å². The van der Waals surface area contributed by atoms with Crippen LogP contribution in [-0.4, -0.2) is 68.3 Å². The molecule has 4 fully saturated rings. The third kappa shape index (κ3) is 2.45. The molecule has 6 aliphatic rings. The number of ether oxygens (including phenoxy) is 4. The molecule has 0 radical (unpaired) electrons. The van der Waals surface area contributed by atoms with Gasteiger partial charge < -0.3 is 29.0 Å². The second-order valence-corrected chi connectivity index (χ2v) is 11.3. The van der Waals surface area contributed by atoms with Crippen molar-refractivity contribution in [2.24, 2.45) is 11.3 Å². The zero-order chi connectivity index (χ0) is 24.0. The van der Waals surface area contributed by atoms with Crippen molar-refractivity contribution in [1.82, 2.24) is 4.90 Å². The average molecular weight is 478 g/mol. The van der Waals surface area contributed by atoms with Gasteiger partial charge in [-0.2, -0.15) is 0 Å². The molecule has 2 aromatic rings. The van der Waals surface area contributed by atoms with Crippen LogP contribution in [0, 0.1) is 11.3 Å². The molecule has 35 heavy (non-hydrogen) atoms. The van der Waals surface area contributed by atoms with Gasteiger partial charge in [-0.15, -0.1) is 0 Å². The molecule has 6 heteroatoms. The molecular weight excluding hydrogens is 442 g/mol. The Labute approximate surface area is 207 Å². The molecule has 4 aliphatic carbocycles. The summed E-state index contributed by atoms with van der Waals surface area (Å²) in [5.41, 5.74) is 2.88. The van der Waals surface area contributed by atoms with Crippen molar-refractivity contribution in [3.63, 3.8) is 0 Å². The van der Waals surface area contributed by atoms with Crippen LogP contribution in [0.15, 0.2) is 42.5 Å². The van der Waals surface area contributed by atoms with Crippen LogP contribution >= 0.6 is 0 Å². The first kappa shape index (κ1) is 22.1. The van der Waals surface area contributed by atoms with Gasteiger partial charge in [0.2, 0.25) is 0 Å². The lowest BCUT2D eigenvalue weighted by Gasteiger charge is -2.75. The van der Waals surface area contributed by atoms with E-state index in [1.54, 1.807) is 14.2 Å². The lowest BCUT2D eigenvalue weighted by atomic mass is 9.34. The summed E-state index contributed by atoms with van der Waals surface area (Å²) >= 11 is 0. The van der Waals surface area contributed by atoms with E-state index >= 15 is 0 Å². The molecule has 6 nitrogen and oxygen atoms in total. The van der Waals surface area contributed by atoms with Crippen LogP contribution in [0.1, 0.15) is 36.0 Å². The molecule has 8 rings (SSSR count). The predicted molar refractivity (Wildman–Crippen MR) is 131 cm³/mol. The fraction of sp³-hybridized carbons (Fsp3) is 0.586. The number of methoxy groups -OCH3 is 2. The van der Waals surface area contributed by atoms with Crippen molar-refractivity contribution < 1.29 is 24.1 Å². The lowest BCUT2D eigenvalue weighted by Crippen LogP contribution is -2.85. The minimum atomic E-state index is -0.614. The third-order valence-electron chi connectivity index (χ3n) is 10.5. The van der Waals surface area contributed by atoms with Gasteiger partial charge in [-0.1, -0.05) is 36.4 Å². The molecule has 7 atom stereocenters. The normalized spacial score (nSPS) is 40.3. The summed E-state index contributed by atoms with van der Waals surface area (Å²) in [6.07, 6.45) is 3.40. The molecule has 1 saturated heterocycles. The molecule has 0 unspecified atom stereocenters. The maximum atomic E-state index is 10.7. The molecule has 0 aromatic heterocycles. The van der Waals surface area contributed by atoms with Crippen molar-refractivity contribution in [3.8, 4) is 11.5 Å². The molecule has 1 N–H and O–H groups in total. The Bertz CT molecular complexity index is 1160. The maximum absolute atomic E-state index is 10.7. The Morgan fingerprint density at radius 3 is 2.69 bits per heavy atom. The highest BCUT2D eigenvalue weighted by molar-refractivity contribution is 5.64. The monoisotopic (exact) mass is 477 g/mol. The topological polar surface area (TPSA) is 60.4 Å². The van der Waals surface area contributed by atoms with Crippen molar-refractivity contribution in [2.75, 3.05) is 34.4 Å². The van der Waals surface area contributed by atoms with Crippen LogP contribution in [0.5, 0.6) is 11.5 Å². The van der Waals surface area contributed by atoms with Gasteiger partial charge in [0.05, 0.1) is 25.2 Å². The zero-order valence-corrected chi connectivity index (χ0v) is 20.8. The average Bonchev–Trinajstić information content (AvgIpc) is 3.26. The highest BCUT2D eigenvalue weighted by Crippen LogP contribution is 2.76. The van der Waals surface area contributed by atoms with Crippen LogP contribution in [0.25, 0.3) is 0 Å². The van der Waals surface area contributed by atoms with Crippen LogP contribution in [0.4, 0.5) is 0 Å². The third-order valence-corrected chi connectivity index (χ3v) is 10.5. The minimum Gasteiger partial charge on any atom is -0.493 e. The number of hydrogen-bond acceptors (Lipinski definition) is 6. The van der Waals surface area contributed by atoms with Crippen molar-refractivity contribution in [1.29, 1.82) is 0 Å². The Hall–Kier alpha value is -2.12. The Morgan fingerprint density at radius 1 is 1.11 bits per heavy atom.